The Bertz CT molecular complexity index is 631. The molecule has 1 unspecified atom stereocenters. The van der Waals surface area contributed by atoms with Gasteiger partial charge in [-0.1, -0.05) is 6.07 Å². The normalized spacial score (nSPS) is 22.1. The van der Waals surface area contributed by atoms with E-state index in [1.165, 1.54) is 28.4 Å². The van der Waals surface area contributed by atoms with Crippen molar-refractivity contribution in [3.05, 3.63) is 30.1 Å². The lowest BCUT2D eigenvalue weighted by Crippen LogP contribution is -2.40. The van der Waals surface area contributed by atoms with Crippen molar-refractivity contribution < 1.29 is 0 Å². The highest BCUT2D eigenvalue weighted by Crippen LogP contribution is 2.39. The molecule has 4 nitrogen and oxygen atoms in total. The second-order valence-corrected chi connectivity index (χ2v) is 5.49. The summed E-state index contributed by atoms with van der Waals surface area (Å²) in [5.41, 5.74) is 9.74. The van der Waals surface area contributed by atoms with Crippen LogP contribution in [0.15, 0.2) is 24.5 Å². The first-order valence-corrected chi connectivity index (χ1v) is 6.97. The molecular formula is C15H18N4. The van der Waals surface area contributed by atoms with Crippen LogP contribution in [0.3, 0.4) is 0 Å². The molecule has 1 saturated heterocycles. The number of hydrogen-bond donors (Lipinski definition) is 2. The van der Waals surface area contributed by atoms with E-state index in [2.05, 4.69) is 21.3 Å². The molecule has 1 aromatic heterocycles. The average molecular weight is 254 g/mol. The molecule has 0 bridgehead atoms. The first-order chi connectivity index (χ1) is 9.34. The van der Waals surface area contributed by atoms with E-state index in [9.17, 15) is 0 Å². The standard InChI is InChI=1S/C15H18N4/c16-13-2-1-10-7-18-8-11-4-6-19(15(13)14(10)11)12-3-5-17-9-12/h1-2,7-8,12,17H,3-6,9,16H2. The summed E-state index contributed by atoms with van der Waals surface area (Å²) in [7, 11) is 0. The number of pyridine rings is 1. The number of benzene rings is 1. The minimum Gasteiger partial charge on any atom is -0.397 e. The molecule has 0 saturated carbocycles. The van der Waals surface area contributed by atoms with Gasteiger partial charge >= 0.3 is 0 Å². The van der Waals surface area contributed by atoms with E-state index in [0.29, 0.717) is 6.04 Å². The van der Waals surface area contributed by atoms with Crippen molar-refractivity contribution in [1.82, 2.24) is 10.3 Å². The van der Waals surface area contributed by atoms with Crippen molar-refractivity contribution in [3.63, 3.8) is 0 Å². The Morgan fingerprint density at radius 2 is 2.26 bits per heavy atom. The fraction of sp³-hybridized carbons (Fsp3) is 0.400. The number of nitrogens with two attached hydrogens (primary N) is 1. The van der Waals surface area contributed by atoms with Gasteiger partial charge in [-0.3, -0.25) is 4.98 Å². The Hall–Kier alpha value is -1.81. The molecule has 4 heteroatoms. The highest BCUT2D eigenvalue weighted by atomic mass is 15.2. The summed E-state index contributed by atoms with van der Waals surface area (Å²) in [5.74, 6) is 0. The Balaban J connectivity index is 1.94. The number of nitrogens with zero attached hydrogens (tertiary/aromatic N) is 2. The summed E-state index contributed by atoms with van der Waals surface area (Å²) in [4.78, 5) is 6.84. The lowest BCUT2D eigenvalue weighted by molar-refractivity contribution is 0.627. The van der Waals surface area contributed by atoms with E-state index in [1.807, 2.05) is 18.5 Å². The number of nitrogens with one attached hydrogen (secondary N) is 1. The van der Waals surface area contributed by atoms with Gasteiger partial charge in [-0.05, 0) is 31.0 Å². The predicted molar refractivity (Wildman–Crippen MR) is 78.5 cm³/mol. The smallest absolute Gasteiger partial charge is 0.0686 e. The molecule has 1 aromatic carbocycles. The lowest BCUT2D eigenvalue weighted by Gasteiger charge is -2.36. The van der Waals surface area contributed by atoms with Crippen LogP contribution in [0, 0.1) is 0 Å². The maximum Gasteiger partial charge on any atom is 0.0686 e. The molecule has 1 atom stereocenters. The summed E-state index contributed by atoms with van der Waals surface area (Å²) in [6.07, 6.45) is 6.21. The van der Waals surface area contributed by atoms with Crippen LogP contribution < -0.4 is 16.0 Å². The Morgan fingerprint density at radius 3 is 3.11 bits per heavy atom. The molecule has 3 N–H and O–H groups in total. The number of aromatic nitrogens is 1. The SMILES string of the molecule is Nc1ccc2cncc3c2c1N(C1CCNC1)CC3. The number of anilines is 2. The van der Waals surface area contributed by atoms with Crippen LogP contribution in [-0.2, 0) is 6.42 Å². The minimum atomic E-state index is 0.578. The lowest BCUT2D eigenvalue weighted by atomic mass is 9.96. The molecule has 3 heterocycles. The monoisotopic (exact) mass is 254 g/mol. The third-order valence-electron chi connectivity index (χ3n) is 4.39. The van der Waals surface area contributed by atoms with E-state index in [1.54, 1.807) is 0 Å². The van der Waals surface area contributed by atoms with Gasteiger partial charge in [0.2, 0.25) is 0 Å². The van der Waals surface area contributed by atoms with Crippen LogP contribution in [0.4, 0.5) is 11.4 Å². The summed E-state index contributed by atoms with van der Waals surface area (Å²) in [6, 6.07) is 4.68. The van der Waals surface area contributed by atoms with Gasteiger partial charge in [-0.2, -0.15) is 0 Å². The maximum absolute atomic E-state index is 6.28. The molecule has 2 aliphatic rings. The molecular weight excluding hydrogens is 236 g/mol. The fourth-order valence-corrected chi connectivity index (χ4v) is 3.46. The van der Waals surface area contributed by atoms with Gasteiger partial charge < -0.3 is 16.0 Å². The molecule has 1 fully saturated rings. The molecule has 2 aliphatic heterocycles. The van der Waals surface area contributed by atoms with Gasteiger partial charge in [0.25, 0.3) is 0 Å². The largest absolute Gasteiger partial charge is 0.397 e. The van der Waals surface area contributed by atoms with E-state index in [4.69, 9.17) is 5.73 Å². The van der Waals surface area contributed by atoms with Crippen molar-refractivity contribution in [3.8, 4) is 0 Å². The second-order valence-electron chi connectivity index (χ2n) is 5.49. The zero-order valence-corrected chi connectivity index (χ0v) is 10.9. The van der Waals surface area contributed by atoms with Gasteiger partial charge in [0.1, 0.15) is 0 Å². The van der Waals surface area contributed by atoms with Crippen molar-refractivity contribution in [2.45, 2.75) is 18.9 Å². The number of rotatable bonds is 1. The van der Waals surface area contributed by atoms with Crippen molar-refractivity contribution in [2.24, 2.45) is 0 Å². The minimum absolute atomic E-state index is 0.578. The molecule has 4 rings (SSSR count). The van der Waals surface area contributed by atoms with Crippen LogP contribution in [0.1, 0.15) is 12.0 Å². The van der Waals surface area contributed by atoms with Crippen molar-refractivity contribution in [1.29, 1.82) is 0 Å². The van der Waals surface area contributed by atoms with E-state index in [0.717, 1.165) is 31.7 Å². The van der Waals surface area contributed by atoms with Gasteiger partial charge in [-0.15, -0.1) is 0 Å². The zero-order valence-electron chi connectivity index (χ0n) is 10.9. The average Bonchev–Trinajstić information content (AvgIpc) is 2.97. The molecule has 2 aromatic rings. The molecule has 98 valence electrons. The molecule has 0 spiro atoms. The molecule has 0 aliphatic carbocycles. The summed E-state index contributed by atoms with van der Waals surface area (Å²) in [6.45, 7) is 3.23. The van der Waals surface area contributed by atoms with Crippen LogP contribution in [0.5, 0.6) is 0 Å². The molecule has 0 radical (unpaired) electrons. The summed E-state index contributed by atoms with van der Waals surface area (Å²) >= 11 is 0. The van der Waals surface area contributed by atoms with Crippen molar-refractivity contribution in [2.75, 3.05) is 30.3 Å². The number of hydrogen-bond acceptors (Lipinski definition) is 4. The topological polar surface area (TPSA) is 54.2 Å². The van der Waals surface area contributed by atoms with E-state index < -0.39 is 0 Å². The van der Waals surface area contributed by atoms with E-state index in [-0.39, 0.29) is 0 Å². The molecule has 19 heavy (non-hydrogen) atoms. The maximum atomic E-state index is 6.28. The number of nitrogen functional groups attached to an aromatic ring is 1. The first kappa shape index (κ1) is 11.1. The highest BCUT2D eigenvalue weighted by Gasteiger charge is 2.28. The summed E-state index contributed by atoms with van der Waals surface area (Å²) < 4.78 is 0. The summed E-state index contributed by atoms with van der Waals surface area (Å²) in [5, 5.41) is 5.97. The Labute approximate surface area is 112 Å². The van der Waals surface area contributed by atoms with Crippen LogP contribution >= 0.6 is 0 Å². The third kappa shape index (κ3) is 1.60. The first-order valence-electron chi connectivity index (χ1n) is 6.97. The second kappa shape index (κ2) is 4.10. The van der Waals surface area contributed by atoms with Crippen LogP contribution in [0.25, 0.3) is 10.8 Å². The highest BCUT2D eigenvalue weighted by molar-refractivity contribution is 6.02. The quantitative estimate of drug-likeness (QED) is 0.758. The predicted octanol–water partition coefficient (Wildman–Crippen LogP) is 1.54. The van der Waals surface area contributed by atoms with E-state index >= 15 is 0 Å². The van der Waals surface area contributed by atoms with Gasteiger partial charge in [0.05, 0.1) is 11.4 Å². The van der Waals surface area contributed by atoms with Gasteiger partial charge in [-0.25, -0.2) is 0 Å². The fourth-order valence-electron chi connectivity index (χ4n) is 3.46. The third-order valence-corrected chi connectivity index (χ3v) is 4.39. The van der Waals surface area contributed by atoms with Crippen LogP contribution in [0.2, 0.25) is 0 Å². The van der Waals surface area contributed by atoms with Gasteiger partial charge in [0.15, 0.2) is 0 Å². The molecule has 0 amide bonds. The Morgan fingerprint density at radius 1 is 1.32 bits per heavy atom. The van der Waals surface area contributed by atoms with Crippen molar-refractivity contribution >= 4 is 22.1 Å². The van der Waals surface area contributed by atoms with Gasteiger partial charge in [0, 0.05) is 42.3 Å². The Kier molecular flexibility index (Phi) is 2.38. The zero-order chi connectivity index (χ0) is 12.8. The van der Waals surface area contributed by atoms with Crippen LogP contribution in [-0.4, -0.2) is 30.7 Å².